The molecule has 0 aromatic heterocycles. The number of carbonyl (C=O) groups excluding carboxylic acids is 1. The molecule has 4 nitrogen and oxygen atoms in total. The van der Waals surface area contributed by atoms with Crippen molar-refractivity contribution in [2.75, 3.05) is 19.6 Å². The summed E-state index contributed by atoms with van der Waals surface area (Å²) in [5.41, 5.74) is 12.1. The van der Waals surface area contributed by atoms with Gasteiger partial charge in [0.2, 0.25) is 5.91 Å². The topological polar surface area (TPSA) is 72.3 Å². The lowest BCUT2D eigenvalue weighted by molar-refractivity contribution is -0.124. The molecule has 0 spiro atoms. The molecule has 21 heavy (non-hydrogen) atoms. The molecular weight excluding hydrogens is 262 g/mol. The Labute approximate surface area is 127 Å². The second-order valence-corrected chi connectivity index (χ2v) is 6.64. The Kier molecular flexibility index (Phi) is 4.69. The van der Waals surface area contributed by atoms with Gasteiger partial charge in [-0.1, -0.05) is 50.6 Å². The molecule has 0 aliphatic carbocycles. The van der Waals surface area contributed by atoms with Crippen molar-refractivity contribution in [2.45, 2.75) is 38.6 Å². The van der Waals surface area contributed by atoms with Crippen LogP contribution in [0.1, 0.15) is 38.7 Å². The van der Waals surface area contributed by atoms with Crippen LogP contribution < -0.4 is 11.5 Å². The summed E-state index contributed by atoms with van der Waals surface area (Å²) in [7, 11) is 0. The molecule has 4 N–H and O–H groups in total. The fraction of sp³-hybridized carbons (Fsp3) is 0.588. The minimum atomic E-state index is -1.11. The van der Waals surface area contributed by atoms with Crippen molar-refractivity contribution >= 4 is 5.91 Å². The number of amides is 1. The van der Waals surface area contributed by atoms with E-state index in [0.29, 0.717) is 12.0 Å². The van der Waals surface area contributed by atoms with Crippen molar-refractivity contribution in [3.63, 3.8) is 0 Å². The lowest BCUT2D eigenvalue weighted by Crippen LogP contribution is -2.57. The zero-order chi connectivity index (χ0) is 15.5. The number of benzene rings is 1. The molecule has 1 heterocycles. The van der Waals surface area contributed by atoms with Crippen LogP contribution in [0.5, 0.6) is 0 Å². The van der Waals surface area contributed by atoms with Gasteiger partial charge in [-0.25, -0.2) is 0 Å². The summed E-state index contributed by atoms with van der Waals surface area (Å²) in [5, 5.41) is 0. The predicted molar refractivity (Wildman–Crippen MR) is 85.6 cm³/mol. The van der Waals surface area contributed by atoms with E-state index in [1.807, 2.05) is 30.3 Å². The molecule has 1 aliphatic rings. The van der Waals surface area contributed by atoms with Gasteiger partial charge in [0, 0.05) is 6.54 Å². The van der Waals surface area contributed by atoms with Crippen molar-refractivity contribution in [1.29, 1.82) is 0 Å². The number of nitrogens with two attached hydrogens (primary N) is 2. The maximum atomic E-state index is 11.9. The van der Waals surface area contributed by atoms with E-state index in [0.717, 1.165) is 31.5 Å². The van der Waals surface area contributed by atoms with Crippen molar-refractivity contribution in [3.05, 3.63) is 35.9 Å². The number of hydrogen-bond acceptors (Lipinski definition) is 3. The average molecular weight is 289 g/mol. The number of carbonyl (C=O) groups is 1. The molecule has 1 aromatic carbocycles. The van der Waals surface area contributed by atoms with Crippen LogP contribution in [-0.2, 0) is 10.3 Å². The first-order chi connectivity index (χ1) is 9.89. The SMILES string of the molecule is CCC1(C)CCN(CC(N)(C(N)=O)c2ccccc2)CC1. The highest BCUT2D eigenvalue weighted by atomic mass is 16.1. The van der Waals surface area contributed by atoms with Gasteiger partial charge >= 0.3 is 0 Å². The molecule has 1 aliphatic heterocycles. The Morgan fingerprint density at radius 2 is 1.86 bits per heavy atom. The van der Waals surface area contributed by atoms with Gasteiger partial charge in [-0.3, -0.25) is 4.79 Å². The Morgan fingerprint density at radius 1 is 1.29 bits per heavy atom. The van der Waals surface area contributed by atoms with Crippen LogP contribution in [0.15, 0.2) is 30.3 Å². The fourth-order valence-corrected chi connectivity index (χ4v) is 3.00. The maximum absolute atomic E-state index is 11.9. The molecule has 0 bridgehead atoms. The first-order valence-corrected chi connectivity index (χ1v) is 7.76. The molecule has 0 radical (unpaired) electrons. The Balaban J connectivity index is 2.10. The minimum absolute atomic E-state index is 0.424. The van der Waals surface area contributed by atoms with E-state index in [1.165, 1.54) is 6.42 Å². The van der Waals surface area contributed by atoms with E-state index >= 15 is 0 Å². The third kappa shape index (κ3) is 3.44. The highest BCUT2D eigenvalue weighted by Crippen LogP contribution is 2.34. The molecular formula is C17H27N3O. The predicted octanol–water partition coefficient (Wildman–Crippen LogP) is 1.84. The van der Waals surface area contributed by atoms with Gasteiger partial charge < -0.3 is 16.4 Å². The van der Waals surface area contributed by atoms with Crippen LogP contribution in [0.2, 0.25) is 0 Å². The van der Waals surface area contributed by atoms with Crippen LogP contribution in [-0.4, -0.2) is 30.4 Å². The van der Waals surface area contributed by atoms with Gasteiger partial charge in [0.15, 0.2) is 0 Å². The summed E-state index contributed by atoms with van der Waals surface area (Å²) in [5.74, 6) is -0.461. The monoisotopic (exact) mass is 289 g/mol. The fourth-order valence-electron chi connectivity index (χ4n) is 3.00. The van der Waals surface area contributed by atoms with Crippen LogP contribution in [0.25, 0.3) is 0 Å². The molecule has 1 atom stereocenters. The third-order valence-electron chi connectivity index (χ3n) is 5.12. The van der Waals surface area contributed by atoms with Crippen molar-refractivity contribution in [3.8, 4) is 0 Å². The van der Waals surface area contributed by atoms with E-state index in [-0.39, 0.29) is 0 Å². The second-order valence-electron chi connectivity index (χ2n) is 6.64. The molecule has 1 unspecified atom stereocenters. The van der Waals surface area contributed by atoms with Crippen molar-refractivity contribution in [1.82, 2.24) is 4.90 Å². The smallest absolute Gasteiger partial charge is 0.243 e. The van der Waals surface area contributed by atoms with Crippen LogP contribution in [0, 0.1) is 5.41 Å². The van der Waals surface area contributed by atoms with E-state index in [1.54, 1.807) is 0 Å². The van der Waals surface area contributed by atoms with E-state index in [2.05, 4.69) is 18.7 Å². The minimum Gasteiger partial charge on any atom is -0.368 e. The second kappa shape index (κ2) is 6.16. The number of likely N-dealkylation sites (tertiary alicyclic amines) is 1. The van der Waals surface area contributed by atoms with E-state index < -0.39 is 11.4 Å². The molecule has 4 heteroatoms. The lowest BCUT2D eigenvalue weighted by atomic mass is 9.77. The van der Waals surface area contributed by atoms with Gasteiger partial charge in [-0.15, -0.1) is 0 Å². The molecule has 1 saturated heterocycles. The van der Waals surface area contributed by atoms with Crippen LogP contribution in [0.3, 0.4) is 0 Å². The molecule has 0 saturated carbocycles. The van der Waals surface area contributed by atoms with E-state index in [9.17, 15) is 4.79 Å². The molecule has 1 fully saturated rings. The number of piperidine rings is 1. The van der Waals surface area contributed by atoms with Crippen LogP contribution >= 0.6 is 0 Å². The maximum Gasteiger partial charge on any atom is 0.243 e. The normalized spacial score (nSPS) is 21.7. The molecule has 1 aromatic rings. The lowest BCUT2D eigenvalue weighted by Gasteiger charge is -2.42. The number of rotatable bonds is 5. The quantitative estimate of drug-likeness (QED) is 0.868. The standard InChI is InChI=1S/C17H27N3O/c1-3-16(2)9-11-20(12-10-16)13-17(19,15(18)21)14-7-5-4-6-8-14/h4-8H,3,9-13,19H2,1-2H3,(H2,18,21). The van der Waals surface area contributed by atoms with Crippen molar-refractivity contribution in [2.24, 2.45) is 16.9 Å². The molecule has 116 valence electrons. The summed E-state index contributed by atoms with van der Waals surface area (Å²) in [6.45, 7) is 7.03. The van der Waals surface area contributed by atoms with Gasteiger partial charge in [-0.2, -0.15) is 0 Å². The zero-order valence-corrected chi connectivity index (χ0v) is 13.1. The summed E-state index contributed by atoms with van der Waals surface area (Å²) < 4.78 is 0. The summed E-state index contributed by atoms with van der Waals surface area (Å²) in [4.78, 5) is 14.2. The first-order valence-electron chi connectivity index (χ1n) is 7.76. The third-order valence-corrected chi connectivity index (χ3v) is 5.12. The Hall–Kier alpha value is -1.39. The van der Waals surface area contributed by atoms with Gasteiger partial charge in [-0.05, 0) is 36.9 Å². The summed E-state index contributed by atoms with van der Waals surface area (Å²) in [6.07, 6.45) is 3.49. The summed E-state index contributed by atoms with van der Waals surface area (Å²) in [6, 6.07) is 9.46. The largest absolute Gasteiger partial charge is 0.368 e. The van der Waals surface area contributed by atoms with E-state index in [4.69, 9.17) is 11.5 Å². The Morgan fingerprint density at radius 3 is 2.33 bits per heavy atom. The highest BCUT2D eigenvalue weighted by Gasteiger charge is 2.38. The zero-order valence-electron chi connectivity index (χ0n) is 13.1. The number of nitrogens with zero attached hydrogens (tertiary/aromatic N) is 1. The highest BCUT2D eigenvalue weighted by molar-refractivity contribution is 5.86. The van der Waals surface area contributed by atoms with Gasteiger partial charge in [0.25, 0.3) is 0 Å². The van der Waals surface area contributed by atoms with Gasteiger partial charge in [0.1, 0.15) is 5.54 Å². The summed E-state index contributed by atoms with van der Waals surface area (Å²) >= 11 is 0. The van der Waals surface area contributed by atoms with Gasteiger partial charge in [0.05, 0.1) is 0 Å². The van der Waals surface area contributed by atoms with Crippen molar-refractivity contribution < 1.29 is 4.79 Å². The molecule has 2 rings (SSSR count). The average Bonchev–Trinajstić information content (AvgIpc) is 2.50. The van der Waals surface area contributed by atoms with Crippen LogP contribution in [0.4, 0.5) is 0 Å². The Bertz CT molecular complexity index is 480. The number of primary amides is 1. The number of hydrogen-bond donors (Lipinski definition) is 2. The first kappa shape index (κ1) is 16.0. The molecule has 1 amide bonds.